The van der Waals surface area contributed by atoms with E-state index in [2.05, 4.69) is 12.2 Å². The predicted molar refractivity (Wildman–Crippen MR) is 67.1 cm³/mol. The van der Waals surface area contributed by atoms with Gasteiger partial charge < -0.3 is 14.8 Å². The summed E-state index contributed by atoms with van der Waals surface area (Å²) in [6.45, 7) is 5.02. The van der Waals surface area contributed by atoms with Gasteiger partial charge in [0.2, 0.25) is 0 Å². The predicted octanol–water partition coefficient (Wildman–Crippen LogP) is 2.25. The molecule has 3 rings (SSSR count). The van der Waals surface area contributed by atoms with Gasteiger partial charge in [0.15, 0.2) is 0 Å². The molecule has 0 aromatic rings. The minimum atomic E-state index is 0.189. The number of hydrogen-bond acceptors (Lipinski definition) is 3. The molecule has 98 valence electrons. The van der Waals surface area contributed by atoms with Gasteiger partial charge in [0.1, 0.15) is 0 Å². The fraction of sp³-hybridized carbons (Fsp3) is 1.00. The zero-order valence-electron chi connectivity index (χ0n) is 11.0. The molecule has 1 aliphatic carbocycles. The maximum Gasteiger partial charge on any atom is 0.0708 e. The van der Waals surface area contributed by atoms with Crippen molar-refractivity contribution in [2.45, 2.75) is 69.1 Å². The summed E-state index contributed by atoms with van der Waals surface area (Å²) in [6, 6.07) is 0. The number of hydrogen-bond donors (Lipinski definition) is 1. The first-order valence-electron chi connectivity index (χ1n) is 7.20. The molecule has 2 atom stereocenters. The maximum atomic E-state index is 6.31. The Morgan fingerprint density at radius 3 is 2.71 bits per heavy atom. The van der Waals surface area contributed by atoms with E-state index in [-0.39, 0.29) is 11.1 Å². The van der Waals surface area contributed by atoms with Crippen LogP contribution in [0.1, 0.15) is 51.9 Å². The molecule has 2 aliphatic heterocycles. The SMILES string of the molecule is CC1(NCC2CCC3(CCCC3)O2)CCOC1. The third-order valence-corrected chi connectivity index (χ3v) is 4.83. The molecule has 0 aromatic carbocycles. The van der Waals surface area contributed by atoms with E-state index in [1.165, 1.54) is 38.5 Å². The van der Waals surface area contributed by atoms with Crippen molar-refractivity contribution in [3.8, 4) is 0 Å². The summed E-state index contributed by atoms with van der Waals surface area (Å²) in [4.78, 5) is 0. The van der Waals surface area contributed by atoms with Crippen LogP contribution in [0.5, 0.6) is 0 Å². The zero-order valence-corrected chi connectivity index (χ0v) is 11.0. The number of nitrogens with one attached hydrogen (secondary N) is 1. The third kappa shape index (κ3) is 2.51. The Hall–Kier alpha value is -0.120. The second kappa shape index (κ2) is 4.52. The molecule has 17 heavy (non-hydrogen) atoms. The summed E-state index contributed by atoms with van der Waals surface area (Å²) < 4.78 is 11.8. The Kier molecular flexibility index (Phi) is 3.18. The molecule has 0 bridgehead atoms. The minimum Gasteiger partial charge on any atom is -0.379 e. The van der Waals surface area contributed by atoms with Crippen LogP contribution in [0, 0.1) is 0 Å². The van der Waals surface area contributed by atoms with Crippen molar-refractivity contribution in [1.82, 2.24) is 5.32 Å². The van der Waals surface area contributed by atoms with Crippen molar-refractivity contribution in [2.24, 2.45) is 0 Å². The van der Waals surface area contributed by atoms with Gasteiger partial charge in [-0.25, -0.2) is 0 Å². The summed E-state index contributed by atoms with van der Waals surface area (Å²) in [5.74, 6) is 0. The molecule has 3 fully saturated rings. The fourth-order valence-electron chi connectivity index (χ4n) is 3.59. The van der Waals surface area contributed by atoms with Gasteiger partial charge in [-0.15, -0.1) is 0 Å². The van der Waals surface area contributed by atoms with Crippen molar-refractivity contribution in [3.63, 3.8) is 0 Å². The monoisotopic (exact) mass is 239 g/mol. The lowest BCUT2D eigenvalue weighted by atomic mass is 9.98. The molecule has 1 N–H and O–H groups in total. The third-order valence-electron chi connectivity index (χ3n) is 4.83. The van der Waals surface area contributed by atoms with E-state index in [1.54, 1.807) is 0 Å². The van der Waals surface area contributed by atoms with E-state index in [0.29, 0.717) is 6.10 Å². The Morgan fingerprint density at radius 1 is 1.18 bits per heavy atom. The Morgan fingerprint density at radius 2 is 2.00 bits per heavy atom. The molecule has 3 aliphatic rings. The first-order chi connectivity index (χ1) is 8.20. The number of rotatable bonds is 3. The van der Waals surface area contributed by atoms with Gasteiger partial charge in [-0.3, -0.25) is 0 Å². The highest BCUT2D eigenvalue weighted by atomic mass is 16.5. The van der Waals surface area contributed by atoms with E-state index in [9.17, 15) is 0 Å². The van der Waals surface area contributed by atoms with Crippen molar-refractivity contribution in [3.05, 3.63) is 0 Å². The fourth-order valence-corrected chi connectivity index (χ4v) is 3.59. The molecule has 1 saturated carbocycles. The summed E-state index contributed by atoms with van der Waals surface area (Å²) in [7, 11) is 0. The molecule has 0 aromatic heterocycles. The molecule has 0 radical (unpaired) electrons. The molecule has 3 heteroatoms. The van der Waals surface area contributed by atoms with E-state index >= 15 is 0 Å². The summed E-state index contributed by atoms with van der Waals surface area (Å²) >= 11 is 0. The van der Waals surface area contributed by atoms with Crippen molar-refractivity contribution >= 4 is 0 Å². The topological polar surface area (TPSA) is 30.5 Å². The summed E-state index contributed by atoms with van der Waals surface area (Å²) in [5, 5.41) is 3.66. The molecule has 1 spiro atoms. The van der Waals surface area contributed by atoms with Crippen LogP contribution in [0.4, 0.5) is 0 Å². The van der Waals surface area contributed by atoms with Gasteiger partial charge in [-0.1, -0.05) is 12.8 Å². The van der Waals surface area contributed by atoms with Crippen LogP contribution < -0.4 is 5.32 Å². The quantitative estimate of drug-likeness (QED) is 0.819. The Bertz CT molecular complexity index is 267. The van der Waals surface area contributed by atoms with Crippen LogP contribution in [0.15, 0.2) is 0 Å². The van der Waals surface area contributed by atoms with Crippen molar-refractivity contribution in [1.29, 1.82) is 0 Å². The van der Waals surface area contributed by atoms with Crippen molar-refractivity contribution < 1.29 is 9.47 Å². The van der Waals surface area contributed by atoms with Crippen LogP contribution >= 0.6 is 0 Å². The lowest BCUT2D eigenvalue weighted by Crippen LogP contribution is -2.46. The van der Waals surface area contributed by atoms with E-state index < -0.39 is 0 Å². The minimum absolute atomic E-state index is 0.189. The van der Waals surface area contributed by atoms with Crippen LogP contribution in [-0.4, -0.2) is 37.0 Å². The largest absolute Gasteiger partial charge is 0.379 e. The highest BCUT2D eigenvalue weighted by Crippen LogP contribution is 2.43. The first kappa shape index (κ1) is 11.9. The van der Waals surface area contributed by atoms with E-state index in [1.807, 2.05) is 0 Å². The van der Waals surface area contributed by atoms with Gasteiger partial charge in [0.25, 0.3) is 0 Å². The molecule has 2 saturated heterocycles. The second-order valence-corrected chi connectivity index (χ2v) is 6.41. The average molecular weight is 239 g/mol. The molecular weight excluding hydrogens is 214 g/mol. The lowest BCUT2D eigenvalue weighted by molar-refractivity contribution is -0.0373. The van der Waals surface area contributed by atoms with Gasteiger partial charge in [0.05, 0.1) is 18.3 Å². The standard InChI is InChI=1S/C14H25NO2/c1-13(8-9-16-11-13)15-10-12-4-7-14(17-12)5-2-3-6-14/h12,15H,2-11H2,1H3. The van der Waals surface area contributed by atoms with Crippen LogP contribution in [0.2, 0.25) is 0 Å². The zero-order chi connectivity index (χ0) is 11.8. The lowest BCUT2D eigenvalue weighted by Gasteiger charge is -2.28. The number of ether oxygens (including phenoxy) is 2. The van der Waals surface area contributed by atoms with Gasteiger partial charge in [0, 0.05) is 18.7 Å². The molecule has 3 nitrogen and oxygen atoms in total. The maximum absolute atomic E-state index is 6.31. The average Bonchev–Trinajstić information content (AvgIpc) is 3.01. The van der Waals surface area contributed by atoms with Crippen molar-refractivity contribution in [2.75, 3.05) is 19.8 Å². The molecule has 2 heterocycles. The Balaban J connectivity index is 1.47. The van der Waals surface area contributed by atoms with Crippen LogP contribution in [-0.2, 0) is 9.47 Å². The normalized spacial score (nSPS) is 40.4. The Labute approximate surface area is 104 Å². The van der Waals surface area contributed by atoms with Gasteiger partial charge in [-0.05, 0) is 39.0 Å². The first-order valence-corrected chi connectivity index (χ1v) is 7.20. The smallest absolute Gasteiger partial charge is 0.0708 e. The van der Waals surface area contributed by atoms with Crippen LogP contribution in [0.3, 0.4) is 0 Å². The van der Waals surface area contributed by atoms with Crippen LogP contribution in [0.25, 0.3) is 0 Å². The second-order valence-electron chi connectivity index (χ2n) is 6.41. The summed E-state index contributed by atoms with van der Waals surface area (Å²) in [6.07, 6.45) is 9.41. The summed E-state index contributed by atoms with van der Waals surface area (Å²) in [5.41, 5.74) is 0.466. The van der Waals surface area contributed by atoms with E-state index in [4.69, 9.17) is 9.47 Å². The molecular formula is C14H25NO2. The molecule has 0 amide bonds. The highest BCUT2D eigenvalue weighted by Gasteiger charge is 2.42. The van der Waals surface area contributed by atoms with E-state index in [0.717, 1.165) is 26.2 Å². The molecule has 2 unspecified atom stereocenters. The highest BCUT2D eigenvalue weighted by molar-refractivity contribution is 4.95. The van der Waals surface area contributed by atoms with Gasteiger partial charge in [-0.2, -0.15) is 0 Å². The van der Waals surface area contributed by atoms with Gasteiger partial charge >= 0.3 is 0 Å².